The van der Waals surface area contributed by atoms with Crippen LogP contribution in [0.2, 0.25) is 0 Å². The second kappa shape index (κ2) is 10.3. The van der Waals surface area contributed by atoms with Gasteiger partial charge in [0.05, 0.1) is 10.9 Å². The van der Waals surface area contributed by atoms with Gasteiger partial charge in [-0.1, -0.05) is 66.7 Å². The van der Waals surface area contributed by atoms with Crippen molar-refractivity contribution in [2.45, 2.75) is 23.8 Å². The van der Waals surface area contributed by atoms with E-state index in [9.17, 15) is 13.2 Å². The lowest BCUT2D eigenvalue weighted by atomic mass is 9.96. The minimum absolute atomic E-state index is 0.112. The predicted molar refractivity (Wildman–Crippen MR) is 137 cm³/mol. The van der Waals surface area contributed by atoms with E-state index in [1.54, 1.807) is 24.3 Å². The third-order valence-corrected chi connectivity index (χ3v) is 8.88. The van der Waals surface area contributed by atoms with E-state index in [0.29, 0.717) is 31.7 Å². The smallest absolute Gasteiger partial charge is 0.253 e. The van der Waals surface area contributed by atoms with Gasteiger partial charge in [-0.15, -0.1) is 0 Å². The molecule has 3 aromatic carbocycles. The Bertz CT molecular complexity index is 1210. The maximum absolute atomic E-state index is 13.3. The summed E-state index contributed by atoms with van der Waals surface area (Å²) in [6.45, 7) is 3.77. The lowest BCUT2D eigenvalue weighted by Gasteiger charge is -2.39. The third kappa shape index (κ3) is 5.03. The first-order valence-electron chi connectivity index (χ1n) is 12.3. The van der Waals surface area contributed by atoms with Gasteiger partial charge in [-0.2, -0.15) is 4.31 Å². The van der Waals surface area contributed by atoms with E-state index in [1.807, 2.05) is 17.0 Å². The Morgan fingerprint density at radius 3 is 1.83 bits per heavy atom. The number of hydrogen-bond donors (Lipinski definition) is 0. The molecule has 2 heterocycles. The highest BCUT2D eigenvalue weighted by Crippen LogP contribution is 2.30. The molecule has 2 aliphatic heterocycles. The summed E-state index contributed by atoms with van der Waals surface area (Å²) in [6.07, 6.45) is 1.77. The number of carbonyl (C=O) groups excluding carboxylic acids is 1. The predicted octanol–water partition coefficient (Wildman–Crippen LogP) is 4.02. The second-order valence-corrected chi connectivity index (χ2v) is 11.1. The van der Waals surface area contributed by atoms with Crippen LogP contribution < -0.4 is 0 Å². The van der Waals surface area contributed by atoms with Crippen molar-refractivity contribution in [3.63, 3.8) is 0 Å². The van der Waals surface area contributed by atoms with Gasteiger partial charge in [0.2, 0.25) is 10.0 Å². The second-order valence-electron chi connectivity index (χ2n) is 9.19. The summed E-state index contributed by atoms with van der Waals surface area (Å²) < 4.78 is 27.5. The Kier molecular flexibility index (Phi) is 7.00. The van der Waals surface area contributed by atoms with Crippen LogP contribution in [-0.2, 0) is 10.0 Å². The number of sulfonamides is 1. The van der Waals surface area contributed by atoms with Crippen molar-refractivity contribution in [2.75, 3.05) is 39.3 Å². The third-order valence-electron chi connectivity index (χ3n) is 6.98. The summed E-state index contributed by atoms with van der Waals surface area (Å²) in [5.74, 6) is -0.112. The number of rotatable bonds is 6. The SMILES string of the molecule is O=C(c1cccc(S(=O)(=O)N2CCCC2)c1)N1CCN(C(c2ccccc2)c2ccccc2)CC1. The normalized spacial score (nSPS) is 17.7. The summed E-state index contributed by atoms with van der Waals surface area (Å²) >= 11 is 0. The fraction of sp³-hybridized carbons (Fsp3) is 0.321. The zero-order chi connectivity index (χ0) is 24.3. The Morgan fingerprint density at radius 2 is 1.26 bits per heavy atom. The molecule has 3 aromatic rings. The first-order chi connectivity index (χ1) is 17.0. The molecule has 2 fully saturated rings. The van der Waals surface area contributed by atoms with Crippen LogP contribution in [0.5, 0.6) is 0 Å². The quantitative estimate of drug-likeness (QED) is 0.525. The molecule has 7 heteroatoms. The van der Waals surface area contributed by atoms with E-state index in [-0.39, 0.29) is 16.8 Å². The fourth-order valence-corrected chi connectivity index (χ4v) is 6.68. The number of carbonyl (C=O) groups is 1. The van der Waals surface area contributed by atoms with Crippen molar-refractivity contribution >= 4 is 15.9 Å². The van der Waals surface area contributed by atoms with Gasteiger partial charge in [0.25, 0.3) is 5.91 Å². The van der Waals surface area contributed by atoms with Crippen LogP contribution in [0.15, 0.2) is 89.8 Å². The Balaban J connectivity index is 1.31. The number of benzene rings is 3. The van der Waals surface area contributed by atoms with Gasteiger partial charge in [0, 0.05) is 44.8 Å². The van der Waals surface area contributed by atoms with Crippen molar-refractivity contribution in [2.24, 2.45) is 0 Å². The first-order valence-corrected chi connectivity index (χ1v) is 13.7. The molecule has 0 spiro atoms. The molecule has 0 N–H and O–H groups in total. The summed E-state index contributed by atoms with van der Waals surface area (Å²) in [4.78, 5) is 17.8. The van der Waals surface area contributed by atoms with Crippen LogP contribution in [0.3, 0.4) is 0 Å². The molecule has 0 aliphatic carbocycles. The highest BCUT2D eigenvalue weighted by molar-refractivity contribution is 7.89. The maximum atomic E-state index is 13.3. The van der Waals surface area contributed by atoms with Gasteiger partial charge >= 0.3 is 0 Å². The molecule has 1 amide bonds. The molecule has 0 atom stereocenters. The minimum Gasteiger partial charge on any atom is -0.336 e. The highest BCUT2D eigenvalue weighted by atomic mass is 32.2. The first kappa shape index (κ1) is 23.7. The zero-order valence-corrected chi connectivity index (χ0v) is 20.6. The molecule has 0 saturated carbocycles. The molecule has 35 heavy (non-hydrogen) atoms. The monoisotopic (exact) mass is 489 g/mol. The van der Waals surface area contributed by atoms with Gasteiger partial charge in [0.1, 0.15) is 0 Å². The molecular formula is C28H31N3O3S. The van der Waals surface area contributed by atoms with Crippen LogP contribution in [0.4, 0.5) is 0 Å². The van der Waals surface area contributed by atoms with E-state index in [2.05, 4.69) is 53.4 Å². The Hall–Kier alpha value is -3.00. The summed E-state index contributed by atoms with van der Waals surface area (Å²) in [5.41, 5.74) is 2.90. The van der Waals surface area contributed by atoms with Crippen LogP contribution >= 0.6 is 0 Å². The molecule has 0 bridgehead atoms. The number of nitrogens with zero attached hydrogens (tertiary/aromatic N) is 3. The van der Waals surface area contributed by atoms with Gasteiger partial charge in [-0.05, 0) is 42.2 Å². The van der Waals surface area contributed by atoms with Crippen molar-refractivity contribution in [1.82, 2.24) is 14.1 Å². The summed E-state index contributed by atoms with van der Waals surface area (Å²) in [5, 5.41) is 0. The van der Waals surface area contributed by atoms with Crippen molar-refractivity contribution in [3.05, 3.63) is 102 Å². The number of amides is 1. The molecule has 0 aromatic heterocycles. The highest BCUT2D eigenvalue weighted by Gasteiger charge is 2.30. The Morgan fingerprint density at radius 1 is 0.686 bits per heavy atom. The average Bonchev–Trinajstić information content (AvgIpc) is 3.47. The topological polar surface area (TPSA) is 60.9 Å². The summed E-state index contributed by atoms with van der Waals surface area (Å²) in [6, 6.07) is 27.6. The standard InChI is InChI=1S/C28H31N3O3S/c32-28(25-14-9-15-26(22-25)35(33,34)31-16-7-8-17-31)30-20-18-29(19-21-30)27(23-10-3-1-4-11-23)24-12-5-2-6-13-24/h1-6,9-15,22,27H,7-8,16-21H2. The average molecular weight is 490 g/mol. The summed E-state index contributed by atoms with van der Waals surface area (Å²) in [7, 11) is -3.55. The molecule has 5 rings (SSSR count). The zero-order valence-electron chi connectivity index (χ0n) is 19.8. The van der Waals surface area contributed by atoms with E-state index >= 15 is 0 Å². The number of piperazine rings is 1. The molecule has 182 valence electrons. The largest absolute Gasteiger partial charge is 0.336 e. The van der Waals surface area contributed by atoms with Crippen LogP contribution in [0.1, 0.15) is 40.4 Å². The lowest BCUT2D eigenvalue weighted by Crippen LogP contribution is -2.49. The molecular weight excluding hydrogens is 458 g/mol. The fourth-order valence-electron chi connectivity index (χ4n) is 5.12. The van der Waals surface area contributed by atoms with E-state index in [0.717, 1.165) is 25.9 Å². The van der Waals surface area contributed by atoms with Crippen molar-refractivity contribution in [1.29, 1.82) is 0 Å². The van der Waals surface area contributed by atoms with Crippen LogP contribution in [-0.4, -0.2) is 67.7 Å². The van der Waals surface area contributed by atoms with Crippen molar-refractivity contribution in [3.8, 4) is 0 Å². The van der Waals surface area contributed by atoms with E-state index in [1.165, 1.54) is 15.4 Å². The van der Waals surface area contributed by atoms with Gasteiger partial charge < -0.3 is 4.90 Å². The number of hydrogen-bond acceptors (Lipinski definition) is 4. The molecule has 0 unspecified atom stereocenters. The van der Waals surface area contributed by atoms with E-state index in [4.69, 9.17) is 0 Å². The molecule has 6 nitrogen and oxygen atoms in total. The Labute approximate surface area is 207 Å². The van der Waals surface area contributed by atoms with Crippen molar-refractivity contribution < 1.29 is 13.2 Å². The minimum atomic E-state index is -3.55. The van der Waals surface area contributed by atoms with E-state index < -0.39 is 10.0 Å². The molecule has 0 radical (unpaired) electrons. The van der Waals surface area contributed by atoms with Gasteiger partial charge in [-0.3, -0.25) is 9.69 Å². The van der Waals surface area contributed by atoms with Crippen LogP contribution in [0, 0.1) is 0 Å². The van der Waals surface area contributed by atoms with Gasteiger partial charge in [0.15, 0.2) is 0 Å². The van der Waals surface area contributed by atoms with Crippen LogP contribution in [0.25, 0.3) is 0 Å². The lowest BCUT2D eigenvalue weighted by molar-refractivity contribution is 0.0597. The maximum Gasteiger partial charge on any atom is 0.253 e. The van der Waals surface area contributed by atoms with Gasteiger partial charge in [-0.25, -0.2) is 8.42 Å². The molecule has 2 saturated heterocycles. The molecule has 2 aliphatic rings.